The Hall–Kier alpha value is -1.40. The third-order valence-electron chi connectivity index (χ3n) is 6.97. The Morgan fingerprint density at radius 1 is 1.00 bits per heavy atom. The first kappa shape index (κ1) is 33.6. The van der Waals surface area contributed by atoms with Crippen LogP contribution in [-0.4, -0.2) is 57.2 Å². The zero-order valence-electron chi connectivity index (χ0n) is 24.9. The molecule has 4 nitrogen and oxygen atoms in total. The van der Waals surface area contributed by atoms with Gasteiger partial charge in [0.15, 0.2) is 8.32 Å². The number of hydrogen-bond donors (Lipinski definition) is 0. The molecule has 0 radical (unpaired) electrons. The third kappa shape index (κ3) is 17.7. The number of likely N-dealkylation sites (tertiary alicyclic amines) is 1. The Morgan fingerprint density at radius 2 is 1.76 bits per heavy atom. The maximum atomic E-state index is 6.57. The Labute approximate surface area is 231 Å². The predicted octanol–water partition coefficient (Wildman–Crippen LogP) is 8.82. The lowest BCUT2D eigenvalue weighted by atomic mass is 10.1. The van der Waals surface area contributed by atoms with Gasteiger partial charge in [-0.05, 0) is 89.8 Å². The van der Waals surface area contributed by atoms with Crippen molar-refractivity contribution in [3.05, 3.63) is 61.5 Å². The van der Waals surface area contributed by atoms with Crippen molar-refractivity contribution in [3.63, 3.8) is 0 Å². The second kappa shape index (κ2) is 21.5. The lowest BCUT2D eigenvalue weighted by Crippen LogP contribution is -2.36. The average molecular weight is 531 g/mol. The van der Waals surface area contributed by atoms with Crippen molar-refractivity contribution in [2.75, 3.05) is 26.7 Å². The SMILES string of the molecule is C=CC=CC=CN(C=CC=CCC[Si](C)(C)OC(CCCCCCC)OCCC)CCC1CCCN1C. The van der Waals surface area contributed by atoms with Gasteiger partial charge in [-0.1, -0.05) is 76.5 Å². The van der Waals surface area contributed by atoms with Crippen molar-refractivity contribution in [1.29, 1.82) is 0 Å². The van der Waals surface area contributed by atoms with Crippen LogP contribution in [0.5, 0.6) is 0 Å². The highest BCUT2D eigenvalue weighted by atomic mass is 28.4. The van der Waals surface area contributed by atoms with E-state index < -0.39 is 8.32 Å². The van der Waals surface area contributed by atoms with Gasteiger partial charge < -0.3 is 19.0 Å². The van der Waals surface area contributed by atoms with Crippen LogP contribution in [0.15, 0.2) is 61.5 Å². The van der Waals surface area contributed by atoms with Crippen LogP contribution in [0.3, 0.4) is 0 Å². The lowest BCUT2D eigenvalue weighted by Gasteiger charge is -2.29. The van der Waals surface area contributed by atoms with Gasteiger partial charge in [0.1, 0.15) is 6.29 Å². The highest BCUT2D eigenvalue weighted by Gasteiger charge is 2.26. The molecule has 2 unspecified atom stereocenters. The topological polar surface area (TPSA) is 24.9 Å². The van der Waals surface area contributed by atoms with Gasteiger partial charge in [-0.3, -0.25) is 0 Å². The van der Waals surface area contributed by atoms with Crippen molar-refractivity contribution in [3.8, 4) is 0 Å². The summed E-state index contributed by atoms with van der Waals surface area (Å²) >= 11 is 0. The van der Waals surface area contributed by atoms with E-state index in [1.165, 1.54) is 57.9 Å². The minimum atomic E-state index is -1.78. The van der Waals surface area contributed by atoms with Crippen LogP contribution in [0.4, 0.5) is 0 Å². The van der Waals surface area contributed by atoms with Gasteiger partial charge in [0.2, 0.25) is 0 Å². The van der Waals surface area contributed by atoms with E-state index in [1.807, 2.05) is 12.2 Å². The van der Waals surface area contributed by atoms with Crippen LogP contribution in [-0.2, 0) is 9.16 Å². The summed E-state index contributed by atoms with van der Waals surface area (Å²) in [4.78, 5) is 4.79. The molecular formula is C32H58N2O2Si. The first-order valence-electron chi connectivity index (χ1n) is 15.0. The largest absolute Gasteiger partial charge is 0.393 e. The number of ether oxygens (including phenoxy) is 1. The van der Waals surface area contributed by atoms with E-state index in [1.54, 1.807) is 6.08 Å². The van der Waals surface area contributed by atoms with E-state index in [4.69, 9.17) is 9.16 Å². The van der Waals surface area contributed by atoms with E-state index in [-0.39, 0.29) is 6.29 Å². The molecule has 0 N–H and O–H groups in total. The summed E-state index contributed by atoms with van der Waals surface area (Å²) in [6, 6.07) is 1.82. The van der Waals surface area contributed by atoms with E-state index >= 15 is 0 Å². The van der Waals surface area contributed by atoms with Crippen LogP contribution in [0.25, 0.3) is 0 Å². The van der Waals surface area contributed by atoms with Crippen LogP contribution in [0.1, 0.15) is 84.5 Å². The molecule has 0 amide bonds. The average Bonchev–Trinajstić information content (AvgIpc) is 3.29. The molecular weight excluding hydrogens is 472 g/mol. The number of allylic oxidation sites excluding steroid dienone is 7. The molecule has 0 spiro atoms. The lowest BCUT2D eigenvalue weighted by molar-refractivity contribution is -0.0913. The van der Waals surface area contributed by atoms with Crippen molar-refractivity contribution in [1.82, 2.24) is 9.80 Å². The maximum Gasteiger partial charge on any atom is 0.190 e. The molecule has 212 valence electrons. The Kier molecular flexibility index (Phi) is 19.6. The van der Waals surface area contributed by atoms with Crippen molar-refractivity contribution >= 4 is 8.32 Å². The van der Waals surface area contributed by atoms with Crippen molar-refractivity contribution in [2.24, 2.45) is 0 Å². The quantitative estimate of drug-likeness (QED) is 0.0604. The van der Waals surface area contributed by atoms with Gasteiger partial charge in [-0.15, -0.1) is 0 Å². The van der Waals surface area contributed by atoms with E-state index in [0.29, 0.717) is 6.04 Å². The highest BCUT2D eigenvalue weighted by molar-refractivity contribution is 6.71. The molecule has 0 aromatic carbocycles. The van der Waals surface area contributed by atoms with Gasteiger partial charge in [0.05, 0.1) is 0 Å². The summed E-state index contributed by atoms with van der Waals surface area (Å²) in [6.45, 7) is 15.9. The highest BCUT2D eigenvalue weighted by Crippen LogP contribution is 2.21. The Balaban J connectivity index is 2.51. The molecule has 1 fully saturated rings. The standard InChI is InChI=1S/C32H58N2O2Si/c1-7-10-12-14-17-23-32(35-29-9-3)36-37(5,6)30-20-16-15-19-27-34(26-18-13-11-8-2)28-24-31-22-21-25-33(31)4/h8,11,13,15-16,18-19,26-27,31-32H,2,7,9-10,12,14,17,20-25,28-30H2,1,3-6H3. The number of nitrogens with zero attached hydrogens (tertiary/aromatic N) is 2. The zero-order valence-corrected chi connectivity index (χ0v) is 25.9. The molecule has 0 aliphatic carbocycles. The molecule has 5 heteroatoms. The summed E-state index contributed by atoms with van der Waals surface area (Å²) in [6.07, 6.45) is 32.2. The molecule has 0 aromatic heterocycles. The number of rotatable bonds is 22. The van der Waals surface area contributed by atoms with Crippen molar-refractivity contribution < 1.29 is 9.16 Å². The normalized spacial score (nSPS) is 18.2. The van der Waals surface area contributed by atoms with Crippen LogP contribution < -0.4 is 0 Å². The van der Waals surface area contributed by atoms with E-state index in [0.717, 1.165) is 38.5 Å². The first-order valence-corrected chi connectivity index (χ1v) is 18.1. The van der Waals surface area contributed by atoms with E-state index in [2.05, 4.69) is 87.1 Å². The fourth-order valence-corrected chi connectivity index (χ4v) is 6.54. The van der Waals surface area contributed by atoms with Gasteiger partial charge in [0.25, 0.3) is 0 Å². The molecule has 2 atom stereocenters. The fourth-order valence-electron chi connectivity index (χ4n) is 4.66. The van der Waals surface area contributed by atoms with Gasteiger partial charge in [-0.2, -0.15) is 0 Å². The first-order chi connectivity index (χ1) is 17.9. The molecule has 0 saturated carbocycles. The molecule has 1 aliphatic rings. The summed E-state index contributed by atoms with van der Waals surface area (Å²) in [5, 5.41) is 0. The minimum Gasteiger partial charge on any atom is -0.393 e. The smallest absolute Gasteiger partial charge is 0.190 e. The molecule has 37 heavy (non-hydrogen) atoms. The van der Waals surface area contributed by atoms with E-state index in [9.17, 15) is 0 Å². The summed E-state index contributed by atoms with van der Waals surface area (Å²) in [7, 11) is 0.477. The number of unbranched alkanes of at least 4 members (excludes halogenated alkanes) is 4. The summed E-state index contributed by atoms with van der Waals surface area (Å²) < 4.78 is 12.7. The monoisotopic (exact) mass is 530 g/mol. The molecule has 0 bridgehead atoms. The van der Waals surface area contributed by atoms with Crippen molar-refractivity contribution in [2.45, 2.75) is 116 Å². The molecule has 1 rings (SSSR count). The third-order valence-corrected chi connectivity index (χ3v) is 9.36. The second-order valence-corrected chi connectivity index (χ2v) is 15.2. The van der Waals surface area contributed by atoms with Gasteiger partial charge in [-0.25, -0.2) is 0 Å². The minimum absolute atomic E-state index is 0.0264. The fraction of sp³-hybridized carbons (Fsp3) is 0.688. The zero-order chi connectivity index (χ0) is 27.2. The summed E-state index contributed by atoms with van der Waals surface area (Å²) in [5.41, 5.74) is 0. The number of hydrogen-bond acceptors (Lipinski definition) is 4. The Bertz CT molecular complexity index is 686. The molecule has 1 heterocycles. The molecule has 0 aromatic rings. The second-order valence-electron chi connectivity index (χ2n) is 11.0. The molecule has 1 saturated heterocycles. The predicted molar refractivity (Wildman–Crippen MR) is 165 cm³/mol. The summed E-state index contributed by atoms with van der Waals surface area (Å²) in [5.74, 6) is 0. The van der Waals surface area contributed by atoms with Crippen LogP contribution in [0, 0.1) is 0 Å². The van der Waals surface area contributed by atoms with Gasteiger partial charge in [0, 0.05) is 31.6 Å². The van der Waals surface area contributed by atoms with Crippen LogP contribution in [0.2, 0.25) is 19.1 Å². The maximum absolute atomic E-state index is 6.57. The van der Waals surface area contributed by atoms with Crippen LogP contribution >= 0.6 is 0 Å². The van der Waals surface area contributed by atoms with Gasteiger partial charge >= 0.3 is 0 Å². The molecule has 1 aliphatic heterocycles. The Morgan fingerprint density at radius 3 is 2.43 bits per heavy atom.